The summed E-state index contributed by atoms with van der Waals surface area (Å²) >= 11 is 13.1. The first-order chi connectivity index (χ1) is 21.4. The third-order valence-corrected chi connectivity index (χ3v) is 8.55. The van der Waals surface area contributed by atoms with Gasteiger partial charge in [0.05, 0.1) is 6.61 Å². The molecule has 1 aliphatic rings. The highest BCUT2D eigenvalue weighted by Gasteiger charge is 2.53. The normalized spacial score (nSPS) is 17.5. The summed E-state index contributed by atoms with van der Waals surface area (Å²) in [6.07, 6.45) is 0.851. The van der Waals surface area contributed by atoms with Crippen molar-refractivity contribution in [3.05, 3.63) is 133 Å². The average Bonchev–Trinajstić information content (AvgIpc) is 3.42. The lowest BCUT2D eigenvalue weighted by Crippen LogP contribution is -2.54. The third kappa shape index (κ3) is 8.08. The highest BCUT2D eigenvalue weighted by atomic mass is 79.9. The molecule has 10 heteroatoms. The van der Waals surface area contributed by atoms with Crippen LogP contribution >= 0.6 is 43.5 Å². The van der Waals surface area contributed by atoms with E-state index >= 15 is 0 Å². The molecule has 4 aromatic rings. The summed E-state index contributed by atoms with van der Waals surface area (Å²) in [4.78, 5) is 19.4. The number of amides is 1. The van der Waals surface area contributed by atoms with Gasteiger partial charge >= 0.3 is 0 Å². The second kappa shape index (κ2) is 15.2. The number of rotatable bonds is 13. The van der Waals surface area contributed by atoms with Crippen LogP contribution in [0.3, 0.4) is 0 Å². The predicted molar refractivity (Wildman–Crippen MR) is 180 cm³/mol. The zero-order valence-electron chi connectivity index (χ0n) is 23.8. The molecule has 7 nitrogen and oxygen atoms in total. The maximum absolute atomic E-state index is 14.3. The second-order valence-corrected chi connectivity index (χ2v) is 12.7. The number of carbonyl (C=O) groups excluding carboxylic acids is 1. The van der Waals surface area contributed by atoms with E-state index in [1.807, 2.05) is 97.1 Å². The van der Waals surface area contributed by atoms with Gasteiger partial charge in [-0.05, 0) is 83.8 Å². The number of aliphatic hydroxyl groups excluding tert-OH is 1. The molecule has 2 atom stereocenters. The molecule has 1 aliphatic heterocycles. The van der Waals surface area contributed by atoms with E-state index in [4.69, 9.17) is 31.2 Å². The van der Waals surface area contributed by atoms with Gasteiger partial charge in [0, 0.05) is 45.5 Å². The first kappa shape index (κ1) is 32.2. The Morgan fingerprint density at radius 3 is 2.20 bits per heavy atom. The van der Waals surface area contributed by atoms with Crippen LogP contribution in [0.15, 0.2) is 111 Å². The van der Waals surface area contributed by atoms with Crippen LogP contribution in [0, 0.1) is 0 Å². The minimum atomic E-state index is -1.32. The number of hydrazine groups is 1. The Bertz CT molecular complexity index is 1570. The van der Waals surface area contributed by atoms with Crippen LogP contribution in [0.5, 0.6) is 5.75 Å². The maximum Gasteiger partial charge on any atom is 0.266 e. The van der Waals surface area contributed by atoms with E-state index in [1.54, 1.807) is 0 Å². The van der Waals surface area contributed by atoms with Crippen LogP contribution in [0.25, 0.3) is 0 Å². The minimum Gasteiger partial charge on any atom is -0.494 e. The molecule has 0 spiro atoms. The molecule has 0 saturated heterocycles. The molecule has 0 unspecified atom stereocenters. The number of hydrogen-bond donors (Lipinski definition) is 3. The standard InChI is InChI=1S/C34H32Br2ClN3O4/c35-27-10-2-24(3-11-27)22-34(33(42)40-38-19-18-23-4-14-29(37)15-5-23)31(25-6-12-28(36)13-7-25)44-32(39-34)26-8-16-30(17-9-26)43-21-1-20-41/h2-17,31,38,41H,1,18-22H2,(H,40,42)/t31-,34-/m0/s1. The summed E-state index contributed by atoms with van der Waals surface area (Å²) < 4.78 is 14.1. The smallest absolute Gasteiger partial charge is 0.266 e. The molecule has 0 fully saturated rings. The van der Waals surface area contributed by atoms with Crippen molar-refractivity contribution < 1.29 is 19.4 Å². The van der Waals surface area contributed by atoms with E-state index in [2.05, 4.69) is 42.7 Å². The summed E-state index contributed by atoms with van der Waals surface area (Å²) in [5, 5.41) is 9.73. The molecule has 1 heterocycles. The molecule has 0 saturated carbocycles. The van der Waals surface area contributed by atoms with Crippen LogP contribution < -0.4 is 15.6 Å². The summed E-state index contributed by atoms with van der Waals surface area (Å²) in [6.45, 7) is 0.999. The van der Waals surface area contributed by atoms with E-state index in [1.165, 1.54) is 0 Å². The van der Waals surface area contributed by atoms with Crippen molar-refractivity contribution in [1.82, 2.24) is 10.9 Å². The van der Waals surface area contributed by atoms with Crippen LogP contribution in [-0.4, -0.2) is 42.2 Å². The lowest BCUT2D eigenvalue weighted by atomic mass is 9.82. The van der Waals surface area contributed by atoms with E-state index in [0.29, 0.717) is 49.1 Å². The molecule has 3 N–H and O–H groups in total. The number of nitrogens with one attached hydrogen (secondary N) is 2. The molecule has 0 aliphatic carbocycles. The number of ether oxygens (including phenoxy) is 2. The fraction of sp³-hybridized carbons (Fsp3) is 0.235. The zero-order chi connectivity index (χ0) is 30.9. The van der Waals surface area contributed by atoms with E-state index in [-0.39, 0.29) is 12.5 Å². The fourth-order valence-electron chi connectivity index (χ4n) is 4.94. The third-order valence-electron chi connectivity index (χ3n) is 7.24. The summed E-state index contributed by atoms with van der Waals surface area (Å²) in [6, 6.07) is 30.7. The van der Waals surface area contributed by atoms with E-state index < -0.39 is 11.6 Å². The monoisotopic (exact) mass is 739 g/mol. The molecule has 0 radical (unpaired) electrons. The molecule has 44 heavy (non-hydrogen) atoms. The van der Waals surface area contributed by atoms with Gasteiger partial charge in [0.2, 0.25) is 5.90 Å². The highest BCUT2D eigenvalue weighted by molar-refractivity contribution is 9.10. The summed E-state index contributed by atoms with van der Waals surface area (Å²) in [7, 11) is 0. The van der Waals surface area contributed by atoms with Gasteiger partial charge in [0.1, 0.15) is 5.75 Å². The SMILES string of the molecule is O=C(NNCCc1ccc(Cl)cc1)[C@@]1(Cc2ccc(Br)cc2)N=C(c2ccc(OCCCO)cc2)O[C@H]1c1ccc(Br)cc1. The first-order valence-corrected chi connectivity index (χ1v) is 16.2. The average molecular weight is 742 g/mol. The Morgan fingerprint density at radius 1 is 0.909 bits per heavy atom. The number of carbonyl (C=O) groups is 1. The molecule has 228 valence electrons. The molecule has 0 aromatic heterocycles. The number of benzene rings is 4. The van der Waals surface area contributed by atoms with Gasteiger partial charge in [0.15, 0.2) is 11.6 Å². The predicted octanol–water partition coefficient (Wildman–Crippen LogP) is 6.99. The molecule has 1 amide bonds. The summed E-state index contributed by atoms with van der Waals surface area (Å²) in [5.41, 5.74) is 8.31. The lowest BCUT2D eigenvalue weighted by Gasteiger charge is -2.31. The van der Waals surface area contributed by atoms with Crippen LogP contribution in [0.4, 0.5) is 0 Å². The highest BCUT2D eigenvalue weighted by Crippen LogP contribution is 2.43. The Kier molecular flexibility index (Phi) is 11.1. The van der Waals surface area contributed by atoms with Crippen molar-refractivity contribution in [3.63, 3.8) is 0 Å². The van der Waals surface area contributed by atoms with Crippen molar-refractivity contribution >= 4 is 55.3 Å². The van der Waals surface area contributed by atoms with Crippen molar-refractivity contribution in [3.8, 4) is 5.75 Å². The topological polar surface area (TPSA) is 92.2 Å². The number of hydrogen-bond acceptors (Lipinski definition) is 6. The quantitative estimate of drug-likeness (QED) is 0.102. The zero-order valence-corrected chi connectivity index (χ0v) is 27.7. The van der Waals surface area contributed by atoms with Gasteiger partial charge in [0.25, 0.3) is 5.91 Å². The van der Waals surface area contributed by atoms with Crippen LogP contribution in [0.1, 0.15) is 34.8 Å². The van der Waals surface area contributed by atoms with E-state index in [0.717, 1.165) is 31.2 Å². The fourth-order valence-corrected chi connectivity index (χ4v) is 5.60. The number of aliphatic hydroxyl groups is 1. The number of aliphatic imine (C=N–C) groups is 1. The largest absolute Gasteiger partial charge is 0.494 e. The van der Waals surface area contributed by atoms with Gasteiger partial charge in [-0.25, -0.2) is 10.4 Å². The van der Waals surface area contributed by atoms with Gasteiger partial charge in [-0.15, -0.1) is 0 Å². The Hall–Kier alpha value is -3.21. The molecular formula is C34H32Br2ClN3O4. The van der Waals surface area contributed by atoms with Gasteiger partial charge < -0.3 is 14.6 Å². The van der Waals surface area contributed by atoms with Crippen molar-refractivity contribution in [2.45, 2.75) is 30.9 Å². The van der Waals surface area contributed by atoms with Crippen LogP contribution in [-0.2, 0) is 22.4 Å². The Balaban J connectivity index is 1.46. The van der Waals surface area contributed by atoms with Gasteiger partial charge in [-0.2, -0.15) is 0 Å². The number of nitrogens with zero attached hydrogens (tertiary/aromatic N) is 1. The van der Waals surface area contributed by atoms with Gasteiger partial charge in [-0.1, -0.05) is 79.9 Å². The van der Waals surface area contributed by atoms with Crippen molar-refractivity contribution in [1.29, 1.82) is 0 Å². The summed E-state index contributed by atoms with van der Waals surface area (Å²) in [5.74, 6) is 0.741. The Labute approximate surface area is 278 Å². The lowest BCUT2D eigenvalue weighted by molar-refractivity contribution is -0.130. The molecular weight excluding hydrogens is 710 g/mol. The first-order valence-electron chi connectivity index (χ1n) is 14.2. The van der Waals surface area contributed by atoms with Crippen LogP contribution in [0.2, 0.25) is 5.02 Å². The molecule has 0 bridgehead atoms. The van der Waals surface area contributed by atoms with Crippen molar-refractivity contribution in [2.75, 3.05) is 19.8 Å². The molecule has 4 aromatic carbocycles. The van der Waals surface area contributed by atoms with Gasteiger partial charge in [-0.3, -0.25) is 10.2 Å². The van der Waals surface area contributed by atoms with E-state index in [9.17, 15) is 4.79 Å². The maximum atomic E-state index is 14.3. The molecule has 5 rings (SSSR count). The Morgan fingerprint density at radius 2 is 1.55 bits per heavy atom. The minimum absolute atomic E-state index is 0.0681. The number of halogens is 3. The second-order valence-electron chi connectivity index (χ2n) is 10.4. The van der Waals surface area contributed by atoms with Crippen molar-refractivity contribution in [2.24, 2.45) is 4.99 Å².